The highest BCUT2D eigenvalue weighted by atomic mass is 15.0. The highest BCUT2D eigenvalue weighted by molar-refractivity contribution is 6.13. The zero-order chi connectivity index (χ0) is 49.8. The first-order chi connectivity index (χ1) is 37.7. The zero-order valence-electron chi connectivity index (χ0n) is 41.2. The summed E-state index contributed by atoms with van der Waals surface area (Å²) in [5.41, 5.74) is 19.4. The average Bonchev–Trinajstić information content (AvgIpc) is 4.27. The van der Waals surface area contributed by atoms with Crippen LogP contribution in [0.4, 0.5) is 0 Å². The molecule has 0 atom stereocenters. The summed E-state index contributed by atoms with van der Waals surface area (Å²) in [6.45, 7) is 0. The number of nitrogens with zero attached hydrogens (tertiary/aromatic N) is 5. The average molecular weight is 984 g/mol. The lowest BCUT2D eigenvalue weighted by molar-refractivity contribution is 1.13. The van der Waals surface area contributed by atoms with E-state index in [2.05, 4.69) is 291 Å². The number of fused-ring (bicyclic) bond motifs is 12. The summed E-state index contributed by atoms with van der Waals surface area (Å²) in [7, 11) is 0. The van der Waals surface area contributed by atoms with Crippen LogP contribution in [0.5, 0.6) is 0 Å². The summed E-state index contributed by atoms with van der Waals surface area (Å²) in [6.07, 6.45) is 0. The van der Waals surface area contributed by atoms with Gasteiger partial charge in [-0.05, 0) is 108 Å². The lowest BCUT2D eigenvalue weighted by Crippen LogP contribution is -2.02. The van der Waals surface area contributed by atoms with Crippen molar-refractivity contribution in [3.63, 3.8) is 0 Å². The first-order valence-electron chi connectivity index (χ1n) is 26.0. The standard InChI is InChI=1S/C71H45N5.CH4/c1-2-20-46(21-3-1)47-42-62(48-38-50(73-64-30-12-4-22-54(64)55-23-5-13-31-65(55)73)44-51(39-48)74-66-32-14-6-24-56(66)57-25-7-15-33-67(57)74)72-63(43-47)49-40-52(75-68-34-16-8-26-58(68)59-27-9-17-35-69(59)75)45-53(41-49)76-70-36-18-10-28-60(70)61-29-11-19-37-71(61)76;/h1-45H;1H4. The molecule has 0 amide bonds. The van der Waals surface area contributed by atoms with Crippen molar-refractivity contribution >= 4 is 87.2 Å². The van der Waals surface area contributed by atoms with Gasteiger partial charge in [-0.25, -0.2) is 4.98 Å². The van der Waals surface area contributed by atoms with Gasteiger partial charge in [-0.3, -0.25) is 0 Å². The Morgan fingerprint density at radius 2 is 0.416 bits per heavy atom. The summed E-state index contributed by atoms with van der Waals surface area (Å²) < 4.78 is 9.73. The second-order valence-electron chi connectivity index (χ2n) is 19.9. The van der Waals surface area contributed by atoms with Gasteiger partial charge in [-0.15, -0.1) is 0 Å². The van der Waals surface area contributed by atoms with Crippen molar-refractivity contribution in [3.05, 3.63) is 273 Å². The summed E-state index contributed by atoms with van der Waals surface area (Å²) in [4.78, 5) is 5.85. The molecule has 0 spiro atoms. The Labute approximate surface area is 445 Å². The lowest BCUT2D eigenvalue weighted by Gasteiger charge is -2.18. The molecule has 77 heavy (non-hydrogen) atoms. The van der Waals surface area contributed by atoms with Gasteiger partial charge >= 0.3 is 0 Å². The Morgan fingerprint density at radius 3 is 0.662 bits per heavy atom. The minimum atomic E-state index is 0. The van der Waals surface area contributed by atoms with Gasteiger partial charge in [0.2, 0.25) is 0 Å². The number of para-hydroxylation sites is 8. The van der Waals surface area contributed by atoms with Gasteiger partial charge in [0.15, 0.2) is 0 Å². The molecule has 5 heterocycles. The molecule has 0 N–H and O–H groups in total. The monoisotopic (exact) mass is 983 g/mol. The zero-order valence-corrected chi connectivity index (χ0v) is 41.2. The van der Waals surface area contributed by atoms with E-state index in [0.29, 0.717) is 0 Å². The molecule has 5 nitrogen and oxygen atoms in total. The minimum Gasteiger partial charge on any atom is -0.309 e. The van der Waals surface area contributed by atoms with Crippen molar-refractivity contribution in [2.75, 3.05) is 0 Å². The Hall–Kier alpha value is -10.2. The summed E-state index contributed by atoms with van der Waals surface area (Å²) in [6, 6.07) is 99.6. The fraction of sp³-hybridized carbons (Fsp3) is 0.0139. The van der Waals surface area contributed by atoms with Crippen molar-refractivity contribution in [2.24, 2.45) is 0 Å². The van der Waals surface area contributed by atoms with Gasteiger partial charge in [0.25, 0.3) is 0 Å². The van der Waals surface area contributed by atoms with Crippen LogP contribution in [0.3, 0.4) is 0 Å². The van der Waals surface area contributed by atoms with Crippen LogP contribution in [0, 0.1) is 0 Å². The second-order valence-corrected chi connectivity index (χ2v) is 19.9. The number of pyridine rings is 1. The smallest absolute Gasteiger partial charge is 0.0717 e. The molecule has 0 aliphatic rings. The molecular weight excluding hydrogens is 935 g/mol. The van der Waals surface area contributed by atoms with Crippen LogP contribution in [0.15, 0.2) is 273 Å². The molecule has 11 aromatic carbocycles. The van der Waals surface area contributed by atoms with Crippen LogP contribution in [-0.2, 0) is 0 Å². The molecule has 0 radical (unpaired) electrons. The number of aromatic nitrogens is 5. The third-order valence-corrected chi connectivity index (χ3v) is 15.7. The Kier molecular flexibility index (Phi) is 10.0. The van der Waals surface area contributed by atoms with Crippen molar-refractivity contribution in [1.29, 1.82) is 0 Å². The van der Waals surface area contributed by atoms with E-state index in [0.717, 1.165) is 101 Å². The number of rotatable bonds is 7. The molecule has 16 rings (SSSR count). The Morgan fingerprint density at radius 1 is 0.195 bits per heavy atom. The van der Waals surface area contributed by atoms with Crippen LogP contribution in [-0.4, -0.2) is 23.3 Å². The van der Waals surface area contributed by atoms with Gasteiger partial charge in [-0.2, -0.15) is 0 Å². The van der Waals surface area contributed by atoms with E-state index in [1.165, 1.54) is 43.1 Å². The van der Waals surface area contributed by atoms with Gasteiger partial charge in [0.05, 0.1) is 55.5 Å². The molecule has 0 aliphatic carbocycles. The fourth-order valence-corrected chi connectivity index (χ4v) is 12.4. The van der Waals surface area contributed by atoms with Crippen LogP contribution >= 0.6 is 0 Å². The highest BCUT2D eigenvalue weighted by Gasteiger charge is 2.21. The van der Waals surface area contributed by atoms with E-state index in [4.69, 9.17) is 4.98 Å². The topological polar surface area (TPSA) is 32.6 Å². The summed E-state index contributed by atoms with van der Waals surface area (Å²) in [5, 5.41) is 9.75. The lowest BCUT2D eigenvalue weighted by atomic mass is 9.99. The van der Waals surface area contributed by atoms with Gasteiger partial charge in [0.1, 0.15) is 0 Å². The Bertz CT molecular complexity index is 4240. The van der Waals surface area contributed by atoms with Crippen molar-refractivity contribution in [1.82, 2.24) is 23.3 Å². The number of hydrogen-bond acceptors (Lipinski definition) is 1. The van der Waals surface area contributed by atoms with Crippen molar-refractivity contribution in [3.8, 4) is 56.4 Å². The third kappa shape index (κ3) is 6.84. The van der Waals surface area contributed by atoms with E-state index >= 15 is 0 Å². The predicted octanol–water partition coefficient (Wildman–Crippen LogP) is 19.1. The van der Waals surface area contributed by atoms with E-state index in [1.54, 1.807) is 0 Å². The summed E-state index contributed by atoms with van der Waals surface area (Å²) in [5.74, 6) is 0. The maximum atomic E-state index is 5.85. The first-order valence-corrected chi connectivity index (χ1v) is 26.0. The van der Waals surface area contributed by atoms with Crippen LogP contribution in [0.2, 0.25) is 0 Å². The van der Waals surface area contributed by atoms with Gasteiger partial charge < -0.3 is 18.3 Å². The molecule has 5 heteroatoms. The van der Waals surface area contributed by atoms with E-state index in [-0.39, 0.29) is 7.43 Å². The van der Waals surface area contributed by atoms with Crippen LogP contribution in [0.25, 0.3) is 144 Å². The van der Waals surface area contributed by atoms with Gasteiger partial charge in [0, 0.05) is 77.0 Å². The predicted molar refractivity (Wildman–Crippen MR) is 325 cm³/mol. The SMILES string of the molecule is C.c1ccc(-c2cc(-c3cc(-n4c5ccccc5c5ccccc54)cc(-n4c5ccccc5c5ccccc54)c3)nc(-c3cc(-n4c5ccccc5c5ccccc54)cc(-n4c5ccccc5c5ccccc54)c3)c2)cc1. The van der Waals surface area contributed by atoms with Crippen LogP contribution < -0.4 is 0 Å². The second kappa shape index (κ2) is 17.4. The van der Waals surface area contributed by atoms with E-state index in [9.17, 15) is 0 Å². The summed E-state index contributed by atoms with van der Waals surface area (Å²) >= 11 is 0. The molecule has 16 aromatic rings. The number of benzene rings is 11. The molecule has 0 bridgehead atoms. The Balaban J connectivity index is 0.00000518. The number of hydrogen-bond donors (Lipinski definition) is 0. The molecule has 0 saturated heterocycles. The molecule has 0 aliphatic heterocycles. The normalized spacial score (nSPS) is 11.8. The third-order valence-electron chi connectivity index (χ3n) is 15.7. The van der Waals surface area contributed by atoms with Gasteiger partial charge in [-0.1, -0.05) is 183 Å². The molecule has 362 valence electrons. The van der Waals surface area contributed by atoms with Crippen molar-refractivity contribution in [2.45, 2.75) is 7.43 Å². The molecular formula is C72H49N5. The van der Waals surface area contributed by atoms with Crippen molar-refractivity contribution < 1.29 is 0 Å². The molecule has 5 aromatic heterocycles. The molecule has 0 fully saturated rings. The minimum absolute atomic E-state index is 0. The quantitative estimate of drug-likeness (QED) is 0.157. The van der Waals surface area contributed by atoms with E-state index in [1.807, 2.05) is 0 Å². The maximum absolute atomic E-state index is 5.85. The van der Waals surface area contributed by atoms with Crippen LogP contribution in [0.1, 0.15) is 7.43 Å². The van der Waals surface area contributed by atoms with E-state index < -0.39 is 0 Å². The maximum Gasteiger partial charge on any atom is 0.0717 e. The molecule has 0 saturated carbocycles. The highest BCUT2D eigenvalue weighted by Crippen LogP contribution is 2.42. The fourth-order valence-electron chi connectivity index (χ4n) is 12.4. The largest absolute Gasteiger partial charge is 0.309 e. The molecule has 0 unspecified atom stereocenters. The first kappa shape index (κ1) is 44.3.